The smallest absolute Gasteiger partial charge is 0.433 e. The largest absolute Gasteiger partial charge is 0.496 e. The van der Waals surface area contributed by atoms with E-state index in [2.05, 4.69) is 4.98 Å². The molecule has 6 nitrogen and oxygen atoms in total. The van der Waals surface area contributed by atoms with Crippen LogP contribution >= 0.6 is 0 Å². The first-order valence-electron chi connectivity index (χ1n) is 12.9. The van der Waals surface area contributed by atoms with Crippen LogP contribution in [0.1, 0.15) is 88.6 Å². The number of alkyl halides is 3. The van der Waals surface area contributed by atoms with E-state index in [4.69, 9.17) is 14.2 Å². The SMILES string of the molecule is CCCCOc1nc(C(F)(F)F)ccc1CCC(=O)C(C)c1ccc(CCC(=O)OC(C)(C)C)c(OC)c1. The van der Waals surface area contributed by atoms with Crippen molar-refractivity contribution >= 4 is 11.8 Å². The zero-order valence-electron chi connectivity index (χ0n) is 23.0. The second-order valence-corrected chi connectivity index (χ2v) is 10.2. The van der Waals surface area contributed by atoms with Crippen LogP contribution in [0.3, 0.4) is 0 Å². The van der Waals surface area contributed by atoms with Crippen molar-refractivity contribution in [1.29, 1.82) is 0 Å². The third-order valence-corrected chi connectivity index (χ3v) is 5.92. The predicted octanol–water partition coefficient (Wildman–Crippen LogP) is 6.87. The number of benzene rings is 1. The topological polar surface area (TPSA) is 74.7 Å². The van der Waals surface area contributed by atoms with E-state index < -0.39 is 23.4 Å². The zero-order valence-corrected chi connectivity index (χ0v) is 23.0. The van der Waals surface area contributed by atoms with Gasteiger partial charge in [0.05, 0.1) is 13.7 Å². The molecule has 1 aromatic heterocycles. The zero-order chi connectivity index (χ0) is 28.5. The van der Waals surface area contributed by atoms with Crippen LogP contribution in [0.25, 0.3) is 0 Å². The number of hydrogen-bond acceptors (Lipinski definition) is 6. The molecular formula is C29H38F3NO5. The number of pyridine rings is 1. The lowest BCUT2D eigenvalue weighted by Crippen LogP contribution is -2.24. The summed E-state index contributed by atoms with van der Waals surface area (Å²) >= 11 is 0. The standard InChI is InChI=1S/C29H38F3NO5/c1-7-8-17-37-27-21(12-15-25(33-27)29(30,31)32)11-14-23(34)19(2)22-10-9-20(24(18-22)36-6)13-16-26(35)38-28(3,4)5/h9-10,12,15,18-19H,7-8,11,13-14,16-17H2,1-6H3. The highest BCUT2D eigenvalue weighted by molar-refractivity contribution is 5.85. The molecule has 0 saturated heterocycles. The summed E-state index contributed by atoms with van der Waals surface area (Å²) in [5, 5.41) is 0. The van der Waals surface area contributed by atoms with Crippen LogP contribution in [0.15, 0.2) is 30.3 Å². The van der Waals surface area contributed by atoms with Gasteiger partial charge in [0.15, 0.2) is 0 Å². The number of nitrogens with zero attached hydrogens (tertiary/aromatic N) is 1. The van der Waals surface area contributed by atoms with Gasteiger partial charge in [0.25, 0.3) is 0 Å². The summed E-state index contributed by atoms with van der Waals surface area (Å²) in [7, 11) is 1.53. The minimum atomic E-state index is -4.58. The molecule has 38 heavy (non-hydrogen) atoms. The van der Waals surface area contributed by atoms with Crippen molar-refractivity contribution in [2.24, 2.45) is 0 Å². The van der Waals surface area contributed by atoms with Crippen molar-refractivity contribution < 1.29 is 37.0 Å². The maximum atomic E-state index is 13.1. The van der Waals surface area contributed by atoms with Crippen LogP contribution in [-0.4, -0.2) is 36.1 Å². The lowest BCUT2D eigenvalue weighted by atomic mass is 9.91. The third kappa shape index (κ3) is 9.65. The number of Topliss-reactive ketones (excluding diaryl/α,β-unsaturated/α-hetero) is 1. The number of methoxy groups -OCH3 is 1. The molecule has 1 atom stereocenters. The van der Waals surface area contributed by atoms with Crippen molar-refractivity contribution in [1.82, 2.24) is 4.98 Å². The number of carbonyl (C=O) groups is 2. The molecule has 0 aliphatic heterocycles. The number of unbranched alkanes of at least 4 members (excludes halogenated alkanes) is 1. The molecule has 0 aliphatic rings. The van der Waals surface area contributed by atoms with Gasteiger partial charge < -0.3 is 14.2 Å². The van der Waals surface area contributed by atoms with E-state index in [-0.39, 0.29) is 43.5 Å². The van der Waals surface area contributed by atoms with Gasteiger partial charge in [-0.2, -0.15) is 13.2 Å². The Morgan fingerprint density at radius 3 is 2.26 bits per heavy atom. The van der Waals surface area contributed by atoms with Gasteiger partial charge in [-0.25, -0.2) is 4.98 Å². The molecule has 1 aromatic carbocycles. The van der Waals surface area contributed by atoms with Crippen LogP contribution in [0, 0.1) is 0 Å². The first-order chi connectivity index (χ1) is 17.7. The quantitative estimate of drug-likeness (QED) is 0.205. The van der Waals surface area contributed by atoms with Crippen LogP contribution in [0.2, 0.25) is 0 Å². The Labute approximate surface area is 222 Å². The number of halogens is 3. The summed E-state index contributed by atoms with van der Waals surface area (Å²) in [6.45, 7) is 9.42. The normalized spacial score (nSPS) is 12.7. The van der Waals surface area contributed by atoms with Gasteiger partial charge in [0.1, 0.15) is 22.8 Å². The number of rotatable bonds is 13. The average Bonchev–Trinajstić information content (AvgIpc) is 2.84. The van der Waals surface area contributed by atoms with E-state index >= 15 is 0 Å². The van der Waals surface area contributed by atoms with E-state index in [1.54, 1.807) is 13.0 Å². The summed E-state index contributed by atoms with van der Waals surface area (Å²) in [5.74, 6) is -0.347. The lowest BCUT2D eigenvalue weighted by molar-refractivity contribution is -0.154. The Morgan fingerprint density at radius 1 is 1.00 bits per heavy atom. The van der Waals surface area contributed by atoms with Crippen LogP contribution in [0.5, 0.6) is 11.6 Å². The highest BCUT2D eigenvalue weighted by Crippen LogP contribution is 2.32. The first-order valence-corrected chi connectivity index (χ1v) is 12.9. The minimum absolute atomic E-state index is 0.0760. The summed E-state index contributed by atoms with van der Waals surface area (Å²) in [5.41, 5.74) is 0.458. The summed E-state index contributed by atoms with van der Waals surface area (Å²) in [6.07, 6.45) is -2.12. The van der Waals surface area contributed by atoms with Gasteiger partial charge in [0, 0.05) is 24.3 Å². The van der Waals surface area contributed by atoms with Gasteiger partial charge in [-0.15, -0.1) is 0 Å². The molecule has 0 N–H and O–H groups in total. The molecule has 210 valence electrons. The number of aromatic nitrogens is 1. The fraction of sp³-hybridized carbons (Fsp3) is 0.552. The van der Waals surface area contributed by atoms with Gasteiger partial charge in [-0.05, 0) is 63.3 Å². The number of carbonyl (C=O) groups excluding carboxylic acids is 2. The molecule has 0 spiro atoms. The van der Waals surface area contributed by atoms with Crippen LogP contribution in [-0.2, 0) is 33.3 Å². The van der Waals surface area contributed by atoms with E-state index in [0.29, 0.717) is 24.2 Å². The molecule has 0 radical (unpaired) electrons. The fourth-order valence-electron chi connectivity index (χ4n) is 3.78. The molecule has 1 heterocycles. The maximum absolute atomic E-state index is 13.1. The Hall–Kier alpha value is -3.10. The second-order valence-electron chi connectivity index (χ2n) is 10.2. The van der Waals surface area contributed by atoms with Crippen molar-refractivity contribution in [2.75, 3.05) is 13.7 Å². The van der Waals surface area contributed by atoms with Crippen LogP contribution in [0.4, 0.5) is 13.2 Å². The summed E-state index contributed by atoms with van der Waals surface area (Å²) < 4.78 is 55.8. The van der Waals surface area contributed by atoms with Crippen LogP contribution < -0.4 is 9.47 Å². The van der Waals surface area contributed by atoms with Gasteiger partial charge in [0.2, 0.25) is 5.88 Å². The number of ether oxygens (including phenoxy) is 3. The molecule has 1 unspecified atom stereocenters. The predicted molar refractivity (Wildman–Crippen MR) is 139 cm³/mol. The number of aryl methyl sites for hydroxylation is 2. The Bertz CT molecular complexity index is 1090. The molecule has 0 fully saturated rings. The van der Waals surface area contributed by atoms with Crippen molar-refractivity contribution in [3.8, 4) is 11.6 Å². The summed E-state index contributed by atoms with van der Waals surface area (Å²) in [6, 6.07) is 7.69. The summed E-state index contributed by atoms with van der Waals surface area (Å²) in [4.78, 5) is 28.7. The first kappa shape index (κ1) is 31.1. The number of hydrogen-bond donors (Lipinski definition) is 0. The minimum Gasteiger partial charge on any atom is -0.496 e. The fourth-order valence-corrected chi connectivity index (χ4v) is 3.78. The van der Waals surface area contributed by atoms with E-state index in [1.165, 1.54) is 13.2 Å². The highest BCUT2D eigenvalue weighted by atomic mass is 19.4. The molecule has 0 saturated carbocycles. The van der Waals surface area contributed by atoms with E-state index in [0.717, 1.165) is 23.6 Å². The monoisotopic (exact) mass is 537 g/mol. The average molecular weight is 538 g/mol. The molecular weight excluding hydrogens is 499 g/mol. The van der Waals surface area contributed by atoms with Gasteiger partial charge in [-0.1, -0.05) is 38.5 Å². The molecule has 0 aliphatic carbocycles. The Balaban J connectivity index is 2.09. The van der Waals surface area contributed by atoms with Gasteiger partial charge >= 0.3 is 12.1 Å². The maximum Gasteiger partial charge on any atom is 0.433 e. The second kappa shape index (κ2) is 13.6. The van der Waals surface area contributed by atoms with E-state index in [1.807, 2.05) is 39.8 Å². The van der Waals surface area contributed by atoms with Crippen molar-refractivity contribution in [3.63, 3.8) is 0 Å². The van der Waals surface area contributed by atoms with Crippen molar-refractivity contribution in [3.05, 3.63) is 52.7 Å². The highest BCUT2D eigenvalue weighted by Gasteiger charge is 2.33. The van der Waals surface area contributed by atoms with E-state index in [9.17, 15) is 22.8 Å². The number of esters is 1. The number of ketones is 1. The molecule has 0 amide bonds. The molecule has 9 heteroatoms. The molecule has 2 aromatic rings. The molecule has 2 rings (SSSR count). The lowest BCUT2D eigenvalue weighted by Gasteiger charge is -2.20. The Morgan fingerprint density at radius 2 is 1.66 bits per heavy atom. The van der Waals surface area contributed by atoms with Crippen molar-refractivity contribution in [2.45, 2.75) is 90.8 Å². The third-order valence-electron chi connectivity index (χ3n) is 5.92. The van der Waals surface area contributed by atoms with Gasteiger partial charge in [-0.3, -0.25) is 9.59 Å². The molecule has 0 bridgehead atoms. The Kier molecular flexibility index (Phi) is 11.2.